The van der Waals surface area contributed by atoms with Crippen molar-refractivity contribution in [2.75, 3.05) is 26.2 Å². The molecular formula is C13H14F3N3O. The molecule has 0 bridgehead atoms. The predicted molar refractivity (Wildman–Crippen MR) is 66.5 cm³/mol. The average Bonchev–Trinajstić information content (AvgIpc) is 2.46. The van der Waals surface area contributed by atoms with Crippen molar-refractivity contribution in [3.8, 4) is 0 Å². The zero-order valence-corrected chi connectivity index (χ0v) is 10.7. The SMILES string of the molecule is FC(F)(F)c1ccc(C2=CN3CCNCC3CO2)nc1. The standard InChI is InChI=1S/C13H14F3N3O/c14-13(15,16)9-1-2-11(18-5-9)12-7-19-4-3-17-6-10(19)8-20-12/h1-2,5,7,10,17H,3-4,6,8H2. The van der Waals surface area contributed by atoms with E-state index in [1.807, 2.05) is 6.20 Å². The molecule has 1 fully saturated rings. The Morgan fingerprint density at radius 1 is 1.35 bits per heavy atom. The summed E-state index contributed by atoms with van der Waals surface area (Å²) in [6.07, 6.45) is -1.69. The third kappa shape index (κ3) is 2.58. The molecule has 0 spiro atoms. The zero-order valence-electron chi connectivity index (χ0n) is 10.7. The Morgan fingerprint density at radius 2 is 2.20 bits per heavy atom. The molecule has 0 saturated carbocycles. The van der Waals surface area contributed by atoms with Gasteiger partial charge < -0.3 is 15.0 Å². The molecule has 0 radical (unpaired) electrons. The van der Waals surface area contributed by atoms with Crippen LogP contribution in [0.4, 0.5) is 13.2 Å². The van der Waals surface area contributed by atoms with Crippen molar-refractivity contribution in [1.82, 2.24) is 15.2 Å². The molecule has 1 N–H and O–H groups in total. The van der Waals surface area contributed by atoms with Crippen LogP contribution in [0.25, 0.3) is 5.76 Å². The molecule has 1 aromatic heterocycles. The van der Waals surface area contributed by atoms with Crippen LogP contribution in [-0.2, 0) is 10.9 Å². The van der Waals surface area contributed by atoms with E-state index < -0.39 is 11.7 Å². The largest absolute Gasteiger partial charge is 0.488 e. The zero-order chi connectivity index (χ0) is 14.2. The molecular weight excluding hydrogens is 271 g/mol. The van der Waals surface area contributed by atoms with Crippen molar-refractivity contribution in [3.05, 3.63) is 35.8 Å². The van der Waals surface area contributed by atoms with Crippen LogP contribution in [0.1, 0.15) is 11.3 Å². The van der Waals surface area contributed by atoms with Gasteiger partial charge in [-0.25, -0.2) is 0 Å². The summed E-state index contributed by atoms with van der Waals surface area (Å²) in [6, 6.07) is 2.65. The van der Waals surface area contributed by atoms with Gasteiger partial charge in [0.05, 0.1) is 11.6 Å². The van der Waals surface area contributed by atoms with E-state index >= 15 is 0 Å². The maximum absolute atomic E-state index is 12.5. The monoisotopic (exact) mass is 285 g/mol. The molecule has 7 heteroatoms. The van der Waals surface area contributed by atoms with Gasteiger partial charge in [0.25, 0.3) is 0 Å². The Hall–Kier alpha value is -1.76. The van der Waals surface area contributed by atoms with E-state index in [0.717, 1.165) is 31.9 Å². The second kappa shape index (κ2) is 4.97. The van der Waals surface area contributed by atoms with E-state index in [1.54, 1.807) is 0 Å². The van der Waals surface area contributed by atoms with Gasteiger partial charge in [-0.2, -0.15) is 13.2 Å². The highest BCUT2D eigenvalue weighted by atomic mass is 19.4. The number of nitrogens with one attached hydrogen (secondary N) is 1. The van der Waals surface area contributed by atoms with Gasteiger partial charge in [-0.1, -0.05) is 0 Å². The minimum absolute atomic E-state index is 0.280. The van der Waals surface area contributed by atoms with E-state index in [-0.39, 0.29) is 6.04 Å². The predicted octanol–water partition coefficient (Wildman–Crippen LogP) is 1.70. The summed E-state index contributed by atoms with van der Waals surface area (Å²) in [4.78, 5) is 6.00. The number of hydrogen-bond donors (Lipinski definition) is 1. The van der Waals surface area contributed by atoms with Gasteiger partial charge in [-0.3, -0.25) is 4.98 Å². The second-order valence-corrected chi connectivity index (χ2v) is 4.83. The van der Waals surface area contributed by atoms with Crippen molar-refractivity contribution >= 4 is 5.76 Å². The lowest BCUT2D eigenvalue weighted by molar-refractivity contribution is -0.137. The van der Waals surface area contributed by atoms with Gasteiger partial charge >= 0.3 is 6.18 Å². The molecule has 4 nitrogen and oxygen atoms in total. The first-order chi connectivity index (χ1) is 9.54. The molecule has 20 heavy (non-hydrogen) atoms. The van der Waals surface area contributed by atoms with E-state index in [1.165, 1.54) is 6.07 Å². The fraction of sp³-hybridized carbons (Fsp3) is 0.462. The van der Waals surface area contributed by atoms with E-state index in [9.17, 15) is 13.2 Å². The third-order valence-corrected chi connectivity index (χ3v) is 3.45. The number of fused-ring (bicyclic) bond motifs is 1. The van der Waals surface area contributed by atoms with Crippen LogP contribution < -0.4 is 5.32 Å². The van der Waals surface area contributed by atoms with Crippen LogP contribution in [0, 0.1) is 0 Å². The number of hydrogen-bond acceptors (Lipinski definition) is 4. The van der Waals surface area contributed by atoms with Crippen LogP contribution in [0.15, 0.2) is 24.5 Å². The van der Waals surface area contributed by atoms with Gasteiger partial charge in [0.15, 0.2) is 5.76 Å². The van der Waals surface area contributed by atoms with Gasteiger partial charge in [0.2, 0.25) is 0 Å². The summed E-state index contributed by atoms with van der Waals surface area (Å²) in [7, 11) is 0. The minimum Gasteiger partial charge on any atom is -0.488 e. The number of piperazine rings is 1. The maximum atomic E-state index is 12.5. The second-order valence-electron chi connectivity index (χ2n) is 4.83. The Balaban J connectivity index is 1.81. The minimum atomic E-state index is -4.36. The van der Waals surface area contributed by atoms with E-state index in [0.29, 0.717) is 18.1 Å². The molecule has 1 atom stereocenters. The van der Waals surface area contributed by atoms with Crippen LogP contribution >= 0.6 is 0 Å². The summed E-state index contributed by atoms with van der Waals surface area (Å²) in [5.41, 5.74) is -0.326. The van der Waals surface area contributed by atoms with E-state index in [2.05, 4.69) is 15.2 Å². The number of alkyl halides is 3. The van der Waals surface area contributed by atoms with Gasteiger partial charge in [0.1, 0.15) is 12.3 Å². The smallest absolute Gasteiger partial charge is 0.417 e. The lowest BCUT2D eigenvalue weighted by Gasteiger charge is -2.38. The number of ether oxygens (including phenoxy) is 1. The van der Waals surface area contributed by atoms with Crippen LogP contribution in [0.5, 0.6) is 0 Å². The lowest BCUT2D eigenvalue weighted by atomic mass is 10.1. The van der Waals surface area contributed by atoms with Crippen LogP contribution in [0.3, 0.4) is 0 Å². The molecule has 0 aromatic carbocycles. The normalized spacial score (nSPS) is 22.9. The fourth-order valence-corrected chi connectivity index (χ4v) is 2.32. The van der Waals surface area contributed by atoms with Crippen molar-refractivity contribution in [3.63, 3.8) is 0 Å². The fourth-order valence-electron chi connectivity index (χ4n) is 2.32. The summed E-state index contributed by atoms with van der Waals surface area (Å²) < 4.78 is 43.0. The first kappa shape index (κ1) is 13.2. The Morgan fingerprint density at radius 3 is 2.90 bits per heavy atom. The Kier molecular flexibility index (Phi) is 3.29. The van der Waals surface area contributed by atoms with Gasteiger partial charge in [0, 0.05) is 32.0 Å². The Labute approximate surface area is 114 Å². The molecule has 1 aromatic rings. The van der Waals surface area contributed by atoms with Crippen molar-refractivity contribution in [1.29, 1.82) is 0 Å². The lowest BCUT2D eigenvalue weighted by Crippen LogP contribution is -2.52. The summed E-state index contributed by atoms with van der Waals surface area (Å²) in [6.45, 7) is 3.12. The van der Waals surface area contributed by atoms with Crippen molar-refractivity contribution in [2.24, 2.45) is 0 Å². The van der Waals surface area contributed by atoms with Gasteiger partial charge in [-0.05, 0) is 12.1 Å². The number of halogens is 3. The summed E-state index contributed by atoms with van der Waals surface area (Å²) >= 11 is 0. The highest BCUT2D eigenvalue weighted by Gasteiger charge is 2.31. The molecule has 3 rings (SSSR count). The molecule has 2 aliphatic heterocycles. The van der Waals surface area contributed by atoms with Crippen LogP contribution in [0.2, 0.25) is 0 Å². The first-order valence-electron chi connectivity index (χ1n) is 6.39. The molecule has 3 heterocycles. The number of nitrogens with zero attached hydrogens (tertiary/aromatic N) is 2. The quantitative estimate of drug-likeness (QED) is 0.852. The number of pyridine rings is 1. The summed E-state index contributed by atoms with van der Waals surface area (Å²) in [5, 5.41) is 3.27. The van der Waals surface area contributed by atoms with Crippen molar-refractivity contribution < 1.29 is 17.9 Å². The van der Waals surface area contributed by atoms with E-state index in [4.69, 9.17) is 4.74 Å². The molecule has 1 saturated heterocycles. The molecule has 0 aliphatic carbocycles. The highest BCUT2D eigenvalue weighted by Crippen LogP contribution is 2.30. The Bertz CT molecular complexity index is 513. The van der Waals surface area contributed by atoms with Crippen LogP contribution in [-0.4, -0.2) is 42.2 Å². The maximum Gasteiger partial charge on any atom is 0.417 e. The molecule has 0 amide bonds. The molecule has 2 aliphatic rings. The summed E-state index contributed by atoms with van der Waals surface area (Å²) in [5.74, 6) is 0.525. The van der Waals surface area contributed by atoms with Gasteiger partial charge in [-0.15, -0.1) is 0 Å². The number of rotatable bonds is 1. The average molecular weight is 285 g/mol. The first-order valence-corrected chi connectivity index (χ1v) is 6.39. The molecule has 108 valence electrons. The third-order valence-electron chi connectivity index (χ3n) is 3.45. The molecule has 1 unspecified atom stereocenters. The topological polar surface area (TPSA) is 37.4 Å². The number of aromatic nitrogens is 1. The van der Waals surface area contributed by atoms with Crippen molar-refractivity contribution in [2.45, 2.75) is 12.2 Å². The highest BCUT2D eigenvalue weighted by molar-refractivity contribution is 5.56.